The predicted octanol–water partition coefficient (Wildman–Crippen LogP) is 3.83. The van der Waals surface area contributed by atoms with E-state index in [0.717, 1.165) is 5.75 Å². The third kappa shape index (κ3) is 2.92. The maximum absolute atomic E-state index is 6.04. The summed E-state index contributed by atoms with van der Waals surface area (Å²) >= 11 is 1.68. The van der Waals surface area contributed by atoms with Crippen molar-refractivity contribution in [1.82, 2.24) is 0 Å². The van der Waals surface area contributed by atoms with Gasteiger partial charge >= 0.3 is 0 Å². The minimum absolute atomic E-state index is 0.0368. The first-order valence-corrected chi connectivity index (χ1v) is 6.99. The van der Waals surface area contributed by atoms with E-state index in [1.54, 1.807) is 11.3 Å². The Morgan fingerprint density at radius 3 is 2.50 bits per heavy atom. The van der Waals surface area contributed by atoms with Crippen LogP contribution in [0.15, 0.2) is 35.7 Å². The van der Waals surface area contributed by atoms with Crippen LogP contribution in [-0.4, -0.2) is 6.04 Å². The van der Waals surface area contributed by atoms with Gasteiger partial charge in [-0.05, 0) is 55.5 Å². The number of benzene rings is 1. The van der Waals surface area contributed by atoms with Crippen molar-refractivity contribution in [3.63, 3.8) is 0 Å². The van der Waals surface area contributed by atoms with Gasteiger partial charge in [0.2, 0.25) is 0 Å². The van der Waals surface area contributed by atoms with Crippen molar-refractivity contribution in [2.45, 2.75) is 32.9 Å². The molecule has 0 fully saturated rings. The average Bonchev–Trinajstić information content (AvgIpc) is 2.83. The smallest absolute Gasteiger partial charge is 0.148 e. The molecule has 0 bridgehead atoms. The van der Waals surface area contributed by atoms with Crippen LogP contribution in [0.5, 0.6) is 5.75 Å². The standard InChI is InChI=1S/C15H19NOS/c1-10-6-7-13(9-11(10)2)17-15(12(3)16)14-5-4-8-18-14/h4-9,12,15H,16H2,1-3H3. The van der Waals surface area contributed by atoms with E-state index in [4.69, 9.17) is 10.5 Å². The van der Waals surface area contributed by atoms with E-state index in [1.165, 1.54) is 16.0 Å². The first kappa shape index (κ1) is 13.1. The third-order valence-electron chi connectivity index (χ3n) is 3.04. The fourth-order valence-electron chi connectivity index (χ4n) is 1.81. The second-order valence-corrected chi connectivity index (χ2v) is 5.64. The molecular formula is C15H19NOS. The number of ether oxygens (including phenoxy) is 1. The number of aryl methyl sites for hydroxylation is 2. The van der Waals surface area contributed by atoms with Crippen molar-refractivity contribution in [3.05, 3.63) is 51.7 Å². The maximum Gasteiger partial charge on any atom is 0.148 e. The molecule has 96 valence electrons. The molecular weight excluding hydrogens is 242 g/mol. The lowest BCUT2D eigenvalue weighted by Gasteiger charge is -2.21. The van der Waals surface area contributed by atoms with Gasteiger partial charge in [0.1, 0.15) is 11.9 Å². The van der Waals surface area contributed by atoms with Gasteiger partial charge in [-0.3, -0.25) is 0 Å². The van der Waals surface area contributed by atoms with Crippen LogP contribution in [0.25, 0.3) is 0 Å². The van der Waals surface area contributed by atoms with E-state index in [9.17, 15) is 0 Å². The van der Waals surface area contributed by atoms with Crippen molar-refractivity contribution in [2.24, 2.45) is 5.73 Å². The second-order valence-electron chi connectivity index (χ2n) is 4.66. The first-order valence-electron chi connectivity index (χ1n) is 6.11. The minimum atomic E-state index is -0.0768. The second kappa shape index (κ2) is 5.55. The highest BCUT2D eigenvalue weighted by Gasteiger charge is 2.19. The molecule has 0 radical (unpaired) electrons. The zero-order valence-corrected chi connectivity index (χ0v) is 11.8. The molecule has 0 aliphatic rings. The van der Waals surface area contributed by atoms with Crippen LogP contribution in [0.1, 0.15) is 29.0 Å². The summed E-state index contributed by atoms with van der Waals surface area (Å²) in [5, 5.41) is 2.05. The fourth-order valence-corrected chi connectivity index (χ4v) is 2.68. The minimum Gasteiger partial charge on any atom is -0.483 e. The zero-order chi connectivity index (χ0) is 13.1. The predicted molar refractivity (Wildman–Crippen MR) is 77.3 cm³/mol. The molecule has 2 unspecified atom stereocenters. The molecule has 0 spiro atoms. The molecule has 0 saturated carbocycles. The molecule has 2 nitrogen and oxygen atoms in total. The van der Waals surface area contributed by atoms with E-state index in [-0.39, 0.29) is 12.1 Å². The molecule has 1 aromatic carbocycles. The highest BCUT2D eigenvalue weighted by atomic mass is 32.1. The number of nitrogens with two attached hydrogens (primary N) is 1. The summed E-state index contributed by atoms with van der Waals surface area (Å²) in [5.41, 5.74) is 8.54. The van der Waals surface area contributed by atoms with Gasteiger partial charge in [0.25, 0.3) is 0 Å². The van der Waals surface area contributed by atoms with Gasteiger partial charge in [-0.1, -0.05) is 12.1 Å². The summed E-state index contributed by atoms with van der Waals surface area (Å²) < 4.78 is 6.04. The molecule has 1 aromatic heterocycles. The van der Waals surface area contributed by atoms with Gasteiger partial charge in [0.15, 0.2) is 0 Å². The summed E-state index contributed by atoms with van der Waals surface area (Å²) in [6, 6.07) is 10.2. The van der Waals surface area contributed by atoms with Gasteiger partial charge in [-0.2, -0.15) is 0 Å². The van der Waals surface area contributed by atoms with Crippen molar-refractivity contribution >= 4 is 11.3 Å². The molecule has 0 aliphatic carbocycles. The number of hydrogen-bond acceptors (Lipinski definition) is 3. The van der Waals surface area contributed by atoms with E-state index >= 15 is 0 Å². The Balaban J connectivity index is 2.21. The van der Waals surface area contributed by atoms with Gasteiger partial charge in [-0.15, -0.1) is 11.3 Å². The van der Waals surface area contributed by atoms with Crippen LogP contribution in [0.4, 0.5) is 0 Å². The molecule has 3 heteroatoms. The topological polar surface area (TPSA) is 35.2 Å². The maximum atomic E-state index is 6.04. The number of hydrogen-bond donors (Lipinski definition) is 1. The lowest BCUT2D eigenvalue weighted by molar-refractivity contribution is 0.184. The molecule has 2 rings (SSSR count). The lowest BCUT2D eigenvalue weighted by Crippen LogP contribution is -2.28. The molecule has 1 heterocycles. The summed E-state index contributed by atoms with van der Waals surface area (Å²) in [6.45, 7) is 6.17. The van der Waals surface area contributed by atoms with Gasteiger partial charge in [0, 0.05) is 10.9 Å². The Kier molecular flexibility index (Phi) is 4.04. The van der Waals surface area contributed by atoms with Crippen LogP contribution in [0.3, 0.4) is 0 Å². The Bertz CT molecular complexity index is 505. The molecule has 0 amide bonds. The Labute approximate surface area is 112 Å². The molecule has 2 aromatic rings. The van der Waals surface area contributed by atoms with Crippen molar-refractivity contribution < 1.29 is 4.74 Å². The van der Waals surface area contributed by atoms with E-state index in [0.29, 0.717) is 0 Å². The van der Waals surface area contributed by atoms with E-state index in [2.05, 4.69) is 37.4 Å². The largest absolute Gasteiger partial charge is 0.483 e. The van der Waals surface area contributed by atoms with Crippen LogP contribution < -0.4 is 10.5 Å². The highest BCUT2D eigenvalue weighted by Crippen LogP contribution is 2.28. The molecule has 0 saturated heterocycles. The Morgan fingerprint density at radius 2 is 1.94 bits per heavy atom. The fraction of sp³-hybridized carbons (Fsp3) is 0.333. The van der Waals surface area contributed by atoms with Crippen LogP contribution in [0.2, 0.25) is 0 Å². The van der Waals surface area contributed by atoms with Gasteiger partial charge in [-0.25, -0.2) is 0 Å². The molecule has 18 heavy (non-hydrogen) atoms. The number of rotatable bonds is 4. The monoisotopic (exact) mass is 261 g/mol. The van der Waals surface area contributed by atoms with Crippen molar-refractivity contribution in [3.8, 4) is 5.75 Å². The van der Waals surface area contributed by atoms with Crippen LogP contribution in [0, 0.1) is 13.8 Å². The third-order valence-corrected chi connectivity index (χ3v) is 3.98. The summed E-state index contributed by atoms with van der Waals surface area (Å²) in [5.74, 6) is 0.883. The Hall–Kier alpha value is -1.32. The molecule has 2 N–H and O–H groups in total. The van der Waals surface area contributed by atoms with Crippen LogP contribution in [-0.2, 0) is 0 Å². The average molecular weight is 261 g/mol. The lowest BCUT2D eigenvalue weighted by atomic mass is 10.1. The highest BCUT2D eigenvalue weighted by molar-refractivity contribution is 7.10. The summed E-state index contributed by atoms with van der Waals surface area (Å²) in [6.07, 6.45) is -0.0768. The van der Waals surface area contributed by atoms with E-state index in [1.807, 2.05) is 19.1 Å². The van der Waals surface area contributed by atoms with Gasteiger partial charge in [0.05, 0.1) is 0 Å². The molecule has 0 aliphatic heterocycles. The molecule has 2 atom stereocenters. The van der Waals surface area contributed by atoms with Crippen LogP contribution >= 0.6 is 11.3 Å². The van der Waals surface area contributed by atoms with Gasteiger partial charge < -0.3 is 10.5 Å². The first-order chi connectivity index (χ1) is 8.58. The normalized spacial score (nSPS) is 14.2. The summed E-state index contributed by atoms with van der Waals surface area (Å²) in [4.78, 5) is 1.17. The van der Waals surface area contributed by atoms with Crippen molar-refractivity contribution in [2.75, 3.05) is 0 Å². The quantitative estimate of drug-likeness (QED) is 0.907. The SMILES string of the molecule is Cc1ccc(OC(c2cccs2)C(C)N)cc1C. The van der Waals surface area contributed by atoms with E-state index < -0.39 is 0 Å². The number of thiophene rings is 1. The summed E-state index contributed by atoms with van der Waals surface area (Å²) in [7, 11) is 0. The van der Waals surface area contributed by atoms with Crippen molar-refractivity contribution in [1.29, 1.82) is 0 Å². The zero-order valence-electron chi connectivity index (χ0n) is 11.0. The Morgan fingerprint density at radius 1 is 1.17 bits per heavy atom.